The highest BCUT2D eigenvalue weighted by Crippen LogP contribution is 2.49. The van der Waals surface area contributed by atoms with E-state index >= 15 is 0 Å². The maximum atomic E-state index is 12.7. The number of nitrogens with zero attached hydrogens (tertiary/aromatic N) is 8. The summed E-state index contributed by atoms with van der Waals surface area (Å²) in [6, 6.07) is 21.0. The second kappa shape index (κ2) is 16.8. The van der Waals surface area contributed by atoms with E-state index in [1.165, 1.54) is 38.5 Å². The van der Waals surface area contributed by atoms with Crippen molar-refractivity contribution < 1.29 is 40.5 Å². The number of phenols is 1. The van der Waals surface area contributed by atoms with Gasteiger partial charge in [0, 0.05) is 23.5 Å². The molecule has 0 aliphatic rings. The predicted octanol–water partition coefficient (Wildman–Crippen LogP) is 10.1. The van der Waals surface area contributed by atoms with Crippen LogP contribution in [0, 0.1) is 13.8 Å². The number of aryl methyl sites for hydroxylation is 2. The third kappa shape index (κ3) is 9.16. The van der Waals surface area contributed by atoms with Crippen LogP contribution in [0.25, 0.3) is 10.8 Å². The summed E-state index contributed by atoms with van der Waals surface area (Å²) in [4.78, 5) is -1.89. The molecule has 20 nitrogen and oxygen atoms in total. The summed E-state index contributed by atoms with van der Waals surface area (Å²) in [7, 11) is -7.64. The van der Waals surface area contributed by atoms with Gasteiger partial charge in [-0.2, -0.15) is 37.3 Å². The Labute approximate surface area is 342 Å². The molecular weight excluding hydrogens is 819 g/mol. The Morgan fingerprint density at radius 3 is 1.30 bits per heavy atom. The average molecular weight is 854 g/mol. The van der Waals surface area contributed by atoms with E-state index in [4.69, 9.17) is 26.7 Å². The van der Waals surface area contributed by atoms with Crippen LogP contribution in [0.3, 0.4) is 0 Å². The molecule has 9 N–H and O–H groups in total. The lowest BCUT2D eigenvalue weighted by Gasteiger charge is -2.14. The molecule has 0 aliphatic heterocycles. The number of azo groups is 4. The first-order valence-electron chi connectivity index (χ1n) is 17.2. The van der Waals surface area contributed by atoms with Crippen LogP contribution in [-0.4, -0.2) is 45.3 Å². The maximum absolute atomic E-state index is 12.7. The second-order valence-electron chi connectivity index (χ2n) is 12.9. The van der Waals surface area contributed by atoms with Crippen molar-refractivity contribution in [3.05, 3.63) is 96.1 Å². The topological polar surface area (TPSA) is 324 Å². The summed E-state index contributed by atoms with van der Waals surface area (Å²) in [5.41, 5.74) is 20.1. The summed E-state index contributed by atoms with van der Waals surface area (Å²) in [5.74, 6) is -0.697. The van der Waals surface area contributed by atoms with Gasteiger partial charge in [0.2, 0.25) is 0 Å². The van der Waals surface area contributed by atoms with Crippen molar-refractivity contribution in [2.75, 3.05) is 31.4 Å². The molecule has 0 saturated carbocycles. The molecule has 308 valence electrons. The van der Waals surface area contributed by atoms with Gasteiger partial charge < -0.3 is 31.8 Å². The first-order chi connectivity index (χ1) is 28.4. The number of nitrogens with two attached hydrogens (primary N) is 3. The molecular formula is C38H35N11O9S2. The van der Waals surface area contributed by atoms with E-state index in [1.807, 2.05) is 0 Å². The minimum Gasteiger partial charge on any atom is -0.505 e. The van der Waals surface area contributed by atoms with Crippen molar-refractivity contribution in [3.8, 4) is 17.2 Å². The van der Waals surface area contributed by atoms with Crippen molar-refractivity contribution in [2.45, 2.75) is 23.6 Å². The average Bonchev–Trinajstić information content (AvgIpc) is 3.19. The fourth-order valence-corrected chi connectivity index (χ4v) is 6.97. The number of benzene rings is 6. The van der Waals surface area contributed by atoms with Gasteiger partial charge in [-0.15, -0.1) is 20.5 Å². The summed E-state index contributed by atoms with van der Waals surface area (Å²) in [6.07, 6.45) is 0. The van der Waals surface area contributed by atoms with Crippen molar-refractivity contribution in [1.29, 1.82) is 0 Å². The number of nitrogen functional groups attached to an aromatic ring is 3. The number of fused-ring (bicyclic) bond motifs is 1. The smallest absolute Gasteiger partial charge is 0.296 e. The molecule has 0 amide bonds. The molecule has 0 atom stereocenters. The van der Waals surface area contributed by atoms with Crippen LogP contribution in [0.4, 0.5) is 62.6 Å². The van der Waals surface area contributed by atoms with E-state index in [0.717, 1.165) is 12.1 Å². The molecule has 0 unspecified atom stereocenters. The Morgan fingerprint density at radius 1 is 0.517 bits per heavy atom. The molecule has 0 spiro atoms. The van der Waals surface area contributed by atoms with Gasteiger partial charge >= 0.3 is 0 Å². The zero-order valence-corrected chi connectivity index (χ0v) is 33.6. The molecule has 0 fully saturated rings. The monoisotopic (exact) mass is 853 g/mol. The van der Waals surface area contributed by atoms with Crippen molar-refractivity contribution in [3.63, 3.8) is 0 Å². The predicted molar refractivity (Wildman–Crippen MR) is 224 cm³/mol. The van der Waals surface area contributed by atoms with E-state index in [0.29, 0.717) is 45.3 Å². The van der Waals surface area contributed by atoms with E-state index in [2.05, 4.69) is 40.9 Å². The molecule has 60 heavy (non-hydrogen) atoms. The second-order valence-corrected chi connectivity index (χ2v) is 15.6. The van der Waals surface area contributed by atoms with Crippen LogP contribution in [0.15, 0.2) is 136 Å². The summed E-state index contributed by atoms with van der Waals surface area (Å²) in [5, 5.41) is 44.0. The summed E-state index contributed by atoms with van der Waals surface area (Å²) in [6.45, 7) is 3.39. The van der Waals surface area contributed by atoms with E-state index in [1.54, 1.807) is 62.4 Å². The lowest BCUT2D eigenvalue weighted by molar-refractivity contribution is 0.415. The van der Waals surface area contributed by atoms with Gasteiger partial charge in [0.15, 0.2) is 5.75 Å². The number of phenolic OH excluding ortho intramolecular Hbond substituents is 1. The van der Waals surface area contributed by atoms with Crippen LogP contribution in [0.1, 0.15) is 11.1 Å². The Balaban J connectivity index is 1.45. The Morgan fingerprint density at radius 2 is 0.900 bits per heavy atom. The van der Waals surface area contributed by atoms with Gasteiger partial charge in [0.05, 0.1) is 48.0 Å². The minimum absolute atomic E-state index is 0.0494. The van der Waals surface area contributed by atoms with Crippen molar-refractivity contribution >= 4 is 93.6 Å². The van der Waals surface area contributed by atoms with Gasteiger partial charge in [-0.3, -0.25) is 9.11 Å². The number of aromatic hydroxyl groups is 1. The molecule has 0 bridgehead atoms. The molecule has 0 heterocycles. The number of hydrogen-bond donors (Lipinski definition) is 6. The first kappa shape index (κ1) is 42.2. The maximum Gasteiger partial charge on any atom is 0.296 e. The molecule has 6 rings (SSSR count). The zero-order chi connectivity index (χ0) is 43.5. The number of anilines is 3. The van der Waals surface area contributed by atoms with Gasteiger partial charge in [-0.05, 0) is 103 Å². The summed E-state index contributed by atoms with van der Waals surface area (Å²) < 4.78 is 82.0. The number of hydrogen-bond acceptors (Lipinski definition) is 18. The molecule has 22 heteroatoms. The fraction of sp³-hybridized carbons (Fsp3) is 0.105. The Hall–Kier alpha value is -7.40. The van der Waals surface area contributed by atoms with Crippen molar-refractivity contribution in [2.24, 2.45) is 40.9 Å². The summed E-state index contributed by atoms with van der Waals surface area (Å²) >= 11 is 0. The van der Waals surface area contributed by atoms with Crippen LogP contribution >= 0.6 is 0 Å². The third-order valence-corrected chi connectivity index (χ3v) is 10.4. The standard InChI is InChI=1S/C38H35N11O9S2/c1-19-13-28(30(57-3)17-26(19)44-42-24-9-5-22(39)6-10-24)46-48-36-32(59(51,52)53)15-21-16-33(60(54,55)56)37(38(50)34(21)35(36)41)49-47-29-14-20(2)27(18-31(29)58-4)45-43-25-11-7-23(40)8-12-25/h5-18,50H,39-41H2,1-4H3,(H,51,52,53)(H,54,55,56). The highest BCUT2D eigenvalue weighted by Gasteiger charge is 2.28. The Kier molecular flexibility index (Phi) is 11.8. The molecule has 0 radical (unpaired) electrons. The quantitative estimate of drug-likeness (QED) is 0.0380. The van der Waals surface area contributed by atoms with E-state index < -0.39 is 52.8 Å². The van der Waals surface area contributed by atoms with Gasteiger partial charge in [0.1, 0.15) is 44.0 Å². The zero-order valence-electron chi connectivity index (χ0n) is 32.0. The molecule has 6 aromatic rings. The number of methoxy groups -OCH3 is 2. The molecule has 6 aromatic carbocycles. The fourth-order valence-electron chi connectivity index (χ4n) is 5.64. The van der Waals surface area contributed by atoms with Crippen molar-refractivity contribution in [1.82, 2.24) is 0 Å². The highest BCUT2D eigenvalue weighted by atomic mass is 32.2. The number of ether oxygens (including phenoxy) is 2. The lowest BCUT2D eigenvalue weighted by atomic mass is 10.1. The lowest BCUT2D eigenvalue weighted by Crippen LogP contribution is -2.03. The Bertz CT molecular complexity index is 2810. The third-order valence-electron chi connectivity index (χ3n) is 8.71. The van der Waals surface area contributed by atoms with Gasteiger partial charge in [0.25, 0.3) is 20.2 Å². The SMILES string of the molecule is COc1cc(N=Nc2ccc(N)cc2)c(C)cc1N=Nc1c(S(=O)(=O)O)cc2cc(S(=O)(=O)O)c(N=Nc3cc(C)c(N=Nc4ccc(N)cc4)cc3OC)c(O)c2c1N. The first-order valence-corrected chi connectivity index (χ1v) is 20.1. The van der Waals surface area contributed by atoms with Gasteiger partial charge in [-0.1, -0.05) is 0 Å². The molecule has 0 saturated heterocycles. The van der Waals surface area contributed by atoms with Crippen LogP contribution < -0.4 is 26.7 Å². The largest absolute Gasteiger partial charge is 0.505 e. The van der Waals surface area contributed by atoms with Crippen LogP contribution in [-0.2, 0) is 20.2 Å². The van der Waals surface area contributed by atoms with E-state index in [-0.39, 0.29) is 33.6 Å². The molecule has 0 aromatic heterocycles. The normalized spacial score (nSPS) is 12.4. The van der Waals surface area contributed by atoms with Crippen LogP contribution in [0.5, 0.6) is 17.2 Å². The molecule has 0 aliphatic carbocycles. The van der Waals surface area contributed by atoms with Gasteiger partial charge in [-0.25, -0.2) is 0 Å². The van der Waals surface area contributed by atoms with E-state index in [9.17, 15) is 31.0 Å². The number of rotatable bonds is 12. The minimum atomic E-state index is -5.18. The highest BCUT2D eigenvalue weighted by molar-refractivity contribution is 7.86. The van der Waals surface area contributed by atoms with Crippen LogP contribution in [0.2, 0.25) is 0 Å².